The number of ether oxygens (including phenoxy) is 2. The molecule has 1 aliphatic heterocycles. The van der Waals surface area contributed by atoms with Crippen LogP contribution in [0.15, 0.2) is 24.3 Å². The van der Waals surface area contributed by atoms with Gasteiger partial charge in [-0.15, -0.1) is 0 Å². The molecule has 1 N–H and O–H groups in total. The van der Waals surface area contributed by atoms with E-state index in [1.54, 1.807) is 31.2 Å². The fourth-order valence-electron chi connectivity index (χ4n) is 1.73. The fourth-order valence-corrected chi connectivity index (χ4v) is 2.47. The zero-order valence-electron chi connectivity index (χ0n) is 10.4. The Morgan fingerprint density at radius 3 is 2.63 bits per heavy atom. The Hall–Kier alpha value is -0.700. The monoisotopic (exact) mass is 307 g/mol. The van der Waals surface area contributed by atoms with E-state index < -0.39 is 29.0 Å². The van der Waals surface area contributed by atoms with E-state index in [2.05, 4.69) is 4.72 Å². The SMILES string of the molecule is CNS(=O)(=O)OC1OC(C)OC1c1ccccc1Cl. The van der Waals surface area contributed by atoms with Crippen molar-refractivity contribution >= 4 is 21.9 Å². The first kappa shape index (κ1) is 14.7. The second-order valence-electron chi connectivity index (χ2n) is 3.90. The van der Waals surface area contributed by atoms with Gasteiger partial charge in [-0.25, -0.2) is 4.18 Å². The van der Waals surface area contributed by atoms with Crippen molar-refractivity contribution in [2.24, 2.45) is 0 Å². The van der Waals surface area contributed by atoms with Gasteiger partial charge in [0.2, 0.25) is 6.29 Å². The summed E-state index contributed by atoms with van der Waals surface area (Å²) in [6.45, 7) is 1.65. The highest BCUT2D eigenvalue weighted by atomic mass is 35.5. The summed E-state index contributed by atoms with van der Waals surface area (Å²) in [7, 11) is -2.63. The quantitative estimate of drug-likeness (QED) is 0.914. The molecule has 106 valence electrons. The molecular weight excluding hydrogens is 294 g/mol. The van der Waals surface area contributed by atoms with E-state index in [9.17, 15) is 8.42 Å². The molecule has 1 fully saturated rings. The van der Waals surface area contributed by atoms with E-state index >= 15 is 0 Å². The molecule has 0 radical (unpaired) electrons. The standard InChI is InChI=1S/C11H14ClNO5S/c1-7-16-10(8-5-3-4-6-9(8)12)11(17-7)18-19(14,15)13-2/h3-7,10-11,13H,1-2H3. The highest BCUT2D eigenvalue weighted by Gasteiger charge is 2.39. The Labute approximate surface area is 116 Å². The van der Waals surface area contributed by atoms with Gasteiger partial charge in [-0.05, 0) is 13.0 Å². The van der Waals surface area contributed by atoms with Gasteiger partial charge in [-0.2, -0.15) is 13.1 Å². The van der Waals surface area contributed by atoms with Gasteiger partial charge in [0.25, 0.3) is 0 Å². The maximum absolute atomic E-state index is 11.4. The van der Waals surface area contributed by atoms with Crippen LogP contribution in [-0.4, -0.2) is 28.0 Å². The predicted molar refractivity (Wildman–Crippen MR) is 68.7 cm³/mol. The molecule has 3 atom stereocenters. The number of hydrogen-bond acceptors (Lipinski definition) is 5. The molecule has 1 saturated heterocycles. The third-order valence-electron chi connectivity index (χ3n) is 2.59. The molecule has 1 aromatic rings. The van der Waals surface area contributed by atoms with Crippen molar-refractivity contribution in [2.45, 2.75) is 25.6 Å². The molecule has 1 aromatic carbocycles. The van der Waals surface area contributed by atoms with Crippen molar-refractivity contribution < 1.29 is 22.1 Å². The molecule has 0 aromatic heterocycles. The largest absolute Gasteiger partial charge is 0.339 e. The molecule has 0 aliphatic carbocycles. The zero-order valence-corrected chi connectivity index (χ0v) is 11.9. The highest BCUT2D eigenvalue weighted by molar-refractivity contribution is 7.84. The average Bonchev–Trinajstić information content (AvgIpc) is 2.70. The normalized spacial score (nSPS) is 27.6. The third-order valence-corrected chi connectivity index (χ3v) is 3.88. The van der Waals surface area contributed by atoms with E-state index in [1.807, 2.05) is 0 Å². The van der Waals surface area contributed by atoms with Crippen molar-refractivity contribution in [3.63, 3.8) is 0 Å². The summed E-state index contributed by atoms with van der Waals surface area (Å²) in [6, 6.07) is 6.96. The first-order valence-electron chi connectivity index (χ1n) is 5.60. The first-order valence-corrected chi connectivity index (χ1v) is 7.38. The number of halogens is 1. The van der Waals surface area contributed by atoms with Crippen LogP contribution in [0.3, 0.4) is 0 Å². The van der Waals surface area contributed by atoms with Crippen LogP contribution in [0.25, 0.3) is 0 Å². The molecule has 3 unspecified atom stereocenters. The Morgan fingerprint density at radius 2 is 2.00 bits per heavy atom. The van der Waals surface area contributed by atoms with Crippen molar-refractivity contribution in [1.29, 1.82) is 0 Å². The lowest BCUT2D eigenvalue weighted by molar-refractivity contribution is -0.0908. The summed E-state index contributed by atoms with van der Waals surface area (Å²) in [5.74, 6) is 0. The number of nitrogens with one attached hydrogen (secondary N) is 1. The van der Waals surface area contributed by atoms with Crippen LogP contribution in [0.1, 0.15) is 18.6 Å². The average molecular weight is 308 g/mol. The summed E-state index contributed by atoms with van der Waals surface area (Å²) in [5.41, 5.74) is 0.616. The maximum atomic E-state index is 11.4. The van der Waals surface area contributed by atoms with Crippen LogP contribution in [0.4, 0.5) is 0 Å². The van der Waals surface area contributed by atoms with Gasteiger partial charge in [-0.1, -0.05) is 29.8 Å². The minimum atomic E-state index is -3.88. The molecule has 1 aliphatic rings. The second-order valence-corrected chi connectivity index (χ2v) is 5.82. The Balaban J connectivity index is 2.26. The molecule has 19 heavy (non-hydrogen) atoms. The van der Waals surface area contributed by atoms with Gasteiger partial charge < -0.3 is 9.47 Å². The van der Waals surface area contributed by atoms with Gasteiger partial charge in [0, 0.05) is 17.6 Å². The van der Waals surface area contributed by atoms with Gasteiger partial charge >= 0.3 is 10.3 Å². The van der Waals surface area contributed by atoms with Crippen LogP contribution in [0.2, 0.25) is 5.02 Å². The lowest BCUT2D eigenvalue weighted by Crippen LogP contribution is -2.30. The fraction of sp³-hybridized carbons (Fsp3) is 0.455. The van der Waals surface area contributed by atoms with Crippen LogP contribution >= 0.6 is 11.6 Å². The van der Waals surface area contributed by atoms with Crippen LogP contribution in [0, 0.1) is 0 Å². The van der Waals surface area contributed by atoms with Gasteiger partial charge in [0.15, 0.2) is 6.29 Å². The van der Waals surface area contributed by atoms with E-state index in [0.29, 0.717) is 10.6 Å². The van der Waals surface area contributed by atoms with Crippen molar-refractivity contribution in [2.75, 3.05) is 7.05 Å². The number of benzene rings is 1. The molecule has 0 spiro atoms. The summed E-state index contributed by atoms with van der Waals surface area (Å²) >= 11 is 6.07. The second kappa shape index (κ2) is 5.74. The lowest BCUT2D eigenvalue weighted by atomic mass is 10.1. The summed E-state index contributed by atoms with van der Waals surface area (Å²) in [4.78, 5) is 0. The molecule has 0 saturated carbocycles. The molecule has 6 nitrogen and oxygen atoms in total. The van der Waals surface area contributed by atoms with Crippen LogP contribution in [-0.2, 0) is 24.0 Å². The molecule has 0 bridgehead atoms. The van der Waals surface area contributed by atoms with E-state index in [4.69, 9.17) is 25.3 Å². The van der Waals surface area contributed by atoms with Crippen LogP contribution in [0.5, 0.6) is 0 Å². The predicted octanol–water partition coefficient (Wildman–Crippen LogP) is 1.58. The third kappa shape index (κ3) is 3.44. The summed E-state index contributed by atoms with van der Waals surface area (Å²) in [5, 5.41) is 0.459. The van der Waals surface area contributed by atoms with Crippen molar-refractivity contribution in [3.8, 4) is 0 Å². The summed E-state index contributed by atoms with van der Waals surface area (Å²) < 4.78 is 40.6. The first-order chi connectivity index (χ1) is 8.93. The van der Waals surface area contributed by atoms with Crippen LogP contribution < -0.4 is 4.72 Å². The summed E-state index contributed by atoms with van der Waals surface area (Å²) in [6.07, 6.45) is -2.36. The molecular formula is C11H14ClNO5S. The number of rotatable bonds is 4. The minimum absolute atomic E-state index is 0.459. The molecule has 0 amide bonds. The topological polar surface area (TPSA) is 73.9 Å². The van der Waals surface area contributed by atoms with E-state index in [-0.39, 0.29) is 0 Å². The van der Waals surface area contributed by atoms with Gasteiger partial charge in [0.1, 0.15) is 6.10 Å². The highest BCUT2D eigenvalue weighted by Crippen LogP contribution is 2.36. The maximum Gasteiger partial charge on any atom is 0.338 e. The van der Waals surface area contributed by atoms with Gasteiger partial charge in [-0.3, -0.25) is 0 Å². The number of hydrogen-bond donors (Lipinski definition) is 1. The Bertz CT molecular complexity index is 550. The Kier molecular flexibility index (Phi) is 4.44. The zero-order chi connectivity index (χ0) is 14.0. The lowest BCUT2D eigenvalue weighted by Gasteiger charge is -2.17. The van der Waals surface area contributed by atoms with Crippen molar-refractivity contribution in [3.05, 3.63) is 34.9 Å². The molecule has 1 heterocycles. The van der Waals surface area contributed by atoms with Gasteiger partial charge in [0.05, 0.1) is 0 Å². The van der Waals surface area contributed by atoms with E-state index in [0.717, 1.165) is 0 Å². The Morgan fingerprint density at radius 1 is 1.32 bits per heavy atom. The molecule has 8 heteroatoms. The minimum Gasteiger partial charge on any atom is -0.339 e. The smallest absolute Gasteiger partial charge is 0.338 e. The van der Waals surface area contributed by atoms with Crippen molar-refractivity contribution in [1.82, 2.24) is 4.72 Å². The molecule has 2 rings (SSSR count). The van der Waals surface area contributed by atoms with E-state index in [1.165, 1.54) is 7.05 Å².